The highest BCUT2D eigenvalue weighted by atomic mass is 32.1. The van der Waals surface area contributed by atoms with Crippen molar-refractivity contribution >= 4 is 33.2 Å². The van der Waals surface area contributed by atoms with Crippen molar-refractivity contribution in [1.82, 2.24) is 10.2 Å². The number of hydrogen-bond donors (Lipinski definition) is 1. The first kappa shape index (κ1) is 15.0. The van der Waals surface area contributed by atoms with E-state index in [0.29, 0.717) is 28.9 Å². The average Bonchev–Trinajstić information content (AvgIpc) is 2.74. The molecule has 2 amide bonds. The van der Waals surface area contributed by atoms with Crippen molar-refractivity contribution < 1.29 is 14.0 Å². The van der Waals surface area contributed by atoms with E-state index in [1.807, 2.05) is 6.07 Å². The van der Waals surface area contributed by atoms with E-state index in [9.17, 15) is 14.0 Å². The van der Waals surface area contributed by atoms with E-state index in [0.717, 1.165) is 11.1 Å². The van der Waals surface area contributed by atoms with Gasteiger partial charge in [0.1, 0.15) is 11.9 Å². The van der Waals surface area contributed by atoms with E-state index in [1.54, 1.807) is 24.8 Å². The Morgan fingerprint density at radius 2 is 2.23 bits per heavy atom. The first-order valence-corrected chi connectivity index (χ1v) is 8.08. The Bertz CT molecular complexity index is 756. The monoisotopic (exact) mass is 320 g/mol. The normalized spacial score (nSPS) is 19.1. The van der Waals surface area contributed by atoms with Crippen LogP contribution in [0.3, 0.4) is 0 Å². The standard InChI is InChI=1S/C16H17FN2O2S/c1-9-13-11(17)5-3-6-12(13)22-14(9)16(21)19-8-4-7-18-15(20)10(19)2/h3,5-6,10H,4,7-8H2,1-2H3,(H,18,20). The number of benzene rings is 1. The summed E-state index contributed by atoms with van der Waals surface area (Å²) < 4.78 is 14.7. The zero-order valence-corrected chi connectivity index (χ0v) is 13.3. The minimum absolute atomic E-state index is 0.143. The molecular formula is C16H17FN2O2S. The summed E-state index contributed by atoms with van der Waals surface area (Å²) in [5, 5.41) is 3.29. The number of halogens is 1. The SMILES string of the molecule is Cc1c(C(=O)N2CCCNC(=O)C2C)sc2cccc(F)c12. The third-order valence-corrected chi connectivity index (χ3v) is 5.33. The molecule has 1 aromatic heterocycles. The number of fused-ring (bicyclic) bond motifs is 1. The van der Waals surface area contributed by atoms with Gasteiger partial charge >= 0.3 is 0 Å². The lowest BCUT2D eigenvalue weighted by Gasteiger charge is -2.25. The summed E-state index contributed by atoms with van der Waals surface area (Å²) in [6.07, 6.45) is 0.722. The van der Waals surface area contributed by atoms with Crippen LogP contribution in [-0.4, -0.2) is 35.8 Å². The Balaban J connectivity index is 2.03. The maximum atomic E-state index is 14.0. The van der Waals surface area contributed by atoms with Crippen LogP contribution >= 0.6 is 11.3 Å². The number of amides is 2. The van der Waals surface area contributed by atoms with Crippen LogP contribution < -0.4 is 5.32 Å². The van der Waals surface area contributed by atoms with Crippen LogP contribution in [0.4, 0.5) is 4.39 Å². The number of carbonyl (C=O) groups excluding carboxylic acids is 2. The van der Waals surface area contributed by atoms with Crippen LogP contribution in [0.15, 0.2) is 18.2 Å². The molecule has 4 nitrogen and oxygen atoms in total. The zero-order chi connectivity index (χ0) is 15.9. The Morgan fingerprint density at radius 1 is 1.45 bits per heavy atom. The molecule has 2 aromatic rings. The number of thiophene rings is 1. The summed E-state index contributed by atoms with van der Waals surface area (Å²) >= 11 is 1.29. The molecule has 22 heavy (non-hydrogen) atoms. The fraction of sp³-hybridized carbons (Fsp3) is 0.375. The van der Waals surface area contributed by atoms with Gasteiger partial charge in [-0.15, -0.1) is 11.3 Å². The molecule has 116 valence electrons. The highest BCUT2D eigenvalue weighted by molar-refractivity contribution is 7.21. The molecule has 1 aliphatic heterocycles. The number of rotatable bonds is 1. The molecule has 1 N–H and O–H groups in total. The second kappa shape index (κ2) is 5.68. The topological polar surface area (TPSA) is 49.4 Å². The molecule has 3 rings (SSSR count). The van der Waals surface area contributed by atoms with Gasteiger partial charge in [-0.05, 0) is 38.0 Å². The highest BCUT2D eigenvalue weighted by Gasteiger charge is 2.30. The summed E-state index contributed by atoms with van der Waals surface area (Å²) in [5.41, 5.74) is 0.653. The number of hydrogen-bond acceptors (Lipinski definition) is 3. The lowest BCUT2D eigenvalue weighted by molar-refractivity contribution is -0.124. The third-order valence-electron chi connectivity index (χ3n) is 4.08. The molecule has 1 saturated heterocycles. The lowest BCUT2D eigenvalue weighted by Crippen LogP contribution is -2.45. The Hall–Kier alpha value is -1.95. The summed E-state index contributed by atoms with van der Waals surface area (Å²) in [4.78, 5) is 26.9. The van der Waals surface area contributed by atoms with Crippen LogP contribution in [0.2, 0.25) is 0 Å². The van der Waals surface area contributed by atoms with E-state index < -0.39 is 6.04 Å². The number of nitrogens with zero attached hydrogens (tertiary/aromatic N) is 1. The second-order valence-corrected chi connectivity index (χ2v) is 6.54. The highest BCUT2D eigenvalue weighted by Crippen LogP contribution is 2.33. The summed E-state index contributed by atoms with van der Waals surface area (Å²) in [7, 11) is 0. The molecule has 0 saturated carbocycles. The fourth-order valence-corrected chi connectivity index (χ4v) is 3.99. The minimum Gasteiger partial charge on any atom is -0.354 e. The van der Waals surface area contributed by atoms with Crippen molar-refractivity contribution in [2.45, 2.75) is 26.3 Å². The van der Waals surface area contributed by atoms with Crippen LogP contribution in [0.1, 0.15) is 28.6 Å². The van der Waals surface area contributed by atoms with Crippen molar-refractivity contribution in [3.63, 3.8) is 0 Å². The second-order valence-electron chi connectivity index (χ2n) is 5.49. The Kier molecular flexibility index (Phi) is 3.87. The first-order chi connectivity index (χ1) is 10.5. The molecule has 0 bridgehead atoms. The quantitative estimate of drug-likeness (QED) is 0.878. The number of nitrogens with one attached hydrogen (secondary N) is 1. The predicted molar refractivity (Wildman–Crippen MR) is 84.6 cm³/mol. The van der Waals surface area contributed by atoms with Gasteiger partial charge in [0.2, 0.25) is 5.91 Å². The number of carbonyl (C=O) groups is 2. The molecular weight excluding hydrogens is 303 g/mol. The van der Waals surface area contributed by atoms with Crippen molar-refractivity contribution in [3.8, 4) is 0 Å². The molecule has 1 aliphatic rings. The molecule has 1 unspecified atom stereocenters. The predicted octanol–water partition coefficient (Wildman–Crippen LogP) is 2.70. The van der Waals surface area contributed by atoms with Crippen LogP contribution in [0.5, 0.6) is 0 Å². The van der Waals surface area contributed by atoms with Crippen molar-refractivity contribution in [2.75, 3.05) is 13.1 Å². The third kappa shape index (κ3) is 2.37. The summed E-state index contributed by atoms with van der Waals surface area (Å²) in [5.74, 6) is -0.648. The molecule has 1 atom stereocenters. The molecule has 2 heterocycles. The molecule has 1 aromatic carbocycles. The van der Waals surface area contributed by atoms with Gasteiger partial charge in [-0.2, -0.15) is 0 Å². The van der Waals surface area contributed by atoms with Gasteiger partial charge in [-0.25, -0.2) is 4.39 Å². The van der Waals surface area contributed by atoms with Gasteiger partial charge < -0.3 is 10.2 Å². The zero-order valence-electron chi connectivity index (χ0n) is 12.5. The molecule has 0 radical (unpaired) electrons. The van der Waals surface area contributed by atoms with Gasteiger partial charge in [-0.3, -0.25) is 9.59 Å². The van der Waals surface area contributed by atoms with Gasteiger partial charge in [0, 0.05) is 23.2 Å². The van der Waals surface area contributed by atoms with Gasteiger partial charge in [-0.1, -0.05) is 6.07 Å². The van der Waals surface area contributed by atoms with Crippen molar-refractivity contribution in [1.29, 1.82) is 0 Å². The Labute approximate surface area is 131 Å². The smallest absolute Gasteiger partial charge is 0.264 e. The minimum atomic E-state index is -0.510. The summed E-state index contributed by atoms with van der Waals surface area (Å²) in [6, 6.07) is 4.35. The summed E-state index contributed by atoms with van der Waals surface area (Å²) in [6.45, 7) is 4.58. The van der Waals surface area contributed by atoms with Crippen molar-refractivity contribution in [2.24, 2.45) is 0 Å². The molecule has 0 spiro atoms. The van der Waals surface area contributed by atoms with Crippen LogP contribution in [-0.2, 0) is 4.79 Å². The lowest BCUT2D eigenvalue weighted by atomic mass is 10.1. The Morgan fingerprint density at radius 3 is 2.95 bits per heavy atom. The van der Waals surface area contributed by atoms with E-state index >= 15 is 0 Å². The van der Waals surface area contributed by atoms with Gasteiger partial charge in [0.25, 0.3) is 5.91 Å². The average molecular weight is 320 g/mol. The van der Waals surface area contributed by atoms with Crippen molar-refractivity contribution in [3.05, 3.63) is 34.5 Å². The molecule has 0 aliphatic carbocycles. The van der Waals surface area contributed by atoms with Gasteiger partial charge in [0.05, 0.1) is 4.88 Å². The fourth-order valence-electron chi connectivity index (χ4n) is 2.81. The maximum Gasteiger partial charge on any atom is 0.264 e. The van der Waals surface area contributed by atoms with E-state index in [1.165, 1.54) is 17.4 Å². The largest absolute Gasteiger partial charge is 0.354 e. The van der Waals surface area contributed by atoms with E-state index in [4.69, 9.17) is 0 Å². The van der Waals surface area contributed by atoms with Gasteiger partial charge in [0.15, 0.2) is 0 Å². The van der Waals surface area contributed by atoms with E-state index in [-0.39, 0.29) is 17.6 Å². The van der Waals surface area contributed by atoms with Crippen LogP contribution in [0, 0.1) is 12.7 Å². The molecule has 6 heteroatoms. The van der Waals surface area contributed by atoms with E-state index in [2.05, 4.69) is 5.32 Å². The first-order valence-electron chi connectivity index (χ1n) is 7.27. The molecule has 1 fully saturated rings. The maximum absolute atomic E-state index is 14.0. The van der Waals surface area contributed by atoms with Crippen LogP contribution in [0.25, 0.3) is 10.1 Å². The number of aryl methyl sites for hydroxylation is 1.